The van der Waals surface area contributed by atoms with Crippen molar-refractivity contribution >= 4 is 20.8 Å². The third kappa shape index (κ3) is 58.3. The number of unbranched alkanes of at least 4 members (excludes halogenated alkanes) is 19. The van der Waals surface area contributed by atoms with Gasteiger partial charge in [0.05, 0.1) is 41.9 Å². The van der Waals surface area contributed by atoms with E-state index in [1.165, 1.54) is 135 Å². The van der Waals surface area contributed by atoms with E-state index in [0.29, 0.717) is 0 Å². The zero-order valence-corrected chi connectivity index (χ0v) is 27.8. The molecule has 0 atom stereocenters. The van der Waals surface area contributed by atoms with Crippen molar-refractivity contribution in [1.82, 2.24) is 6.15 Å². The number of rotatable bonds is 23. The molecule has 0 heterocycles. The highest BCUT2D eigenvalue weighted by atomic mass is 32.3. The van der Waals surface area contributed by atoms with Gasteiger partial charge in [-0.15, -0.1) is 0 Å². The van der Waals surface area contributed by atoms with Gasteiger partial charge in [0.15, 0.2) is 0 Å². The van der Waals surface area contributed by atoms with Gasteiger partial charge in [-0.2, -0.15) is 8.42 Å². The van der Waals surface area contributed by atoms with Crippen molar-refractivity contribution in [3.05, 3.63) is 0 Å². The van der Waals surface area contributed by atoms with Crippen molar-refractivity contribution in [2.45, 2.75) is 135 Å². The van der Waals surface area contributed by atoms with Gasteiger partial charge in [-0.25, -0.2) is 8.42 Å². The maximum atomic E-state index is 9.33. The van der Waals surface area contributed by atoms with Gasteiger partial charge in [0.2, 0.25) is 10.4 Å². The van der Waals surface area contributed by atoms with Gasteiger partial charge in [0.1, 0.15) is 0 Å². The van der Waals surface area contributed by atoms with Gasteiger partial charge >= 0.3 is 10.4 Å². The lowest BCUT2D eigenvalue weighted by Gasteiger charge is -2.23. The van der Waals surface area contributed by atoms with E-state index in [-0.39, 0.29) is 6.15 Å². The predicted octanol–water partition coefficient (Wildman–Crippen LogP) is 7.21. The molecule has 12 heteroatoms. The summed E-state index contributed by atoms with van der Waals surface area (Å²) in [6.07, 6.45) is 29.3. The second kappa shape index (κ2) is 30.6. The van der Waals surface area contributed by atoms with Gasteiger partial charge in [0, 0.05) is 0 Å². The highest BCUT2D eigenvalue weighted by Crippen LogP contribution is 2.15. The van der Waals surface area contributed by atoms with E-state index in [9.17, 15) is 21.4 Å². The van der Waals surface area contributed by atoms with Crippen molar-refractivity contribution < 1.29 is 38.8 Å². The maximum absolute atomic E-state index is 9.33. The quantitative estimate of drug-likeness (QED) is 0.0527. The molecule has 0 saturated heterocycles. The van der Waals surface area contributed by atoms with Crippen LogP contribution in [0.3, 0.4) is 0 Å². The molecule has 0 amide bonds. The SMILES string of the molecule is CCCCCCCCCCCCCCCCCCCCCC[N+](C)(C)C.COS(=O)(=O)O.COS(=O)(=O)[O-].N. The molecule has 4 N–H and O–H groups in total. The summed E-state index contributed by atoms with van der Waals surface area (Å²) in [5, 5.41) is 0. The van der Waals surface area contributed by atoms with Crippen molar-refractivity contribution in [3.63, 3.8) is 0 Å². The monoisotopic (exact) mass is 608 g/mol. The minimum Gasteiger partial charge on any atom is -0.726 e. The Balaban J connectivity index is -0.000000390. The van der Waals surface area contributed by atoms with Crippen LogP contribution in [0.5, 0.6) is 0 Å². The summed E-state index contributed by atoms with van der Waals surface area (Å²) >= 11 is 0. The second-order valence-electron chi connectivity index (χ2n) is 10.9. The third-order valence-corrected chi connectivity index (χ3v) is 6.93. The van der Waals surface area contributed by atoms with E-state index in [0.717, 1.165) is 18.7 Å². The summed E-state index contributed by atoms with van der Waals surface area (Å²) in [5.74, 6) is 0. The zero-order chi connectivity index (χ0) is 29.8. The molecule has 39 heavy (non-hydrogen) atoms. The molecule has 0 rings (SSSR count). The Morgan fingerprint density at radius 3 is 0.923 bits per heavy atom. The summed E-state index contributed by atoms with van der Waals surface area (Å²) in [6.45, 7) is 3.63. The van der Waals surface area contributed by atoms with Gasteiger partial charge in [0.25, 0.3) is 0 Å². The lowest BCUT2D eigenvalue weighted by Crippen LogP contribution is -2.35. The number of quaternary nitrogens is 1. The zero-order valence-electron chi connectivity index (χ0n) is 26.1. The Morgan fingerprint density at radius 1 is 0.564 bits per heavy atom. The fraction of sp³-hybridized carbons (Fsp3) is 1.00. The van der Waals surface area contributed by atoms with Crippen LogP contribution in [0.15, 0.2) is 0 Å². The van der Waals surface area contributed by atoms with Gasteiger partial charge in [-0.05, 0) is 12.8 Å². The molecule has 0 aromatic heterocycles. The summed E-state index contributed by atoms with van der Waals surface area (Å²) in [6, 6.07) is 0. The molecule has 0 aliphatic rings. The molecular weight excluding hydrogens is 544 g/mol. The molecule has 0 saturated carbocycles. The highest BCUT2D eigenvalue weighted by Gasteiger charge is 2.05. The van der Waals surface area contributed by atoms with Gasteiger partial charge in [-0.1, -0.05) is 122 Å². The van der Waals surface area contributed by atoms with Crippen LogP contribution in [0.1, 0.15) is 135 Å². The molecule has 10 nitrogen and oxygen atoms in total. The largest absolute Gasteiger partial charge is 0.726 e. The summed E-state index contributed by atoms with van der Waals surface area (Å²) in [4.78, 5) is 0. The third-order valence-electron chi connectivity index (χ3n) is 6.10. The van der Waals surface area contributed by atoms with Crippen LogP contribution in [0.2, 0.25) is 0 Å². The fourth-order valence-corrected chi connectivity index (χ4v) is 3.84. The fourth-order valence-electron chi connectivity index (χ4n) is 3.84. The Bertz CT molecular complexity index is 650. The minimum absolute atomic E-state index is 0. The van der Waals surface area contributed by atoms with Crippen molar-refractivity contribution in [3.8, 4) is 0 Å². The van der Waals surface area contributed by atoms with E-state index < -0.39 is 20.8 Å². The van der Waals surface area contributed by atoms with Crippen molar-refractivity contribution in [1.29, 1.82) is 0 Å². The average molecular weight is 609 g/mol. The summed E-state index contributed by atoms with van der Waals surface area (Å²) < 4.78 is 61.9. The molecule has 0 aliphatic carbocycles. The molecule has 0 spiro atoms. The Hall–Kier alpha value is -0.340. The lowest BCUT2D eigenvalue weighted by molar-refractivity contribution is -0.870. The first-order valence-corrected chi connectivity index (χ1v) is 17.2. The standard InChI is InChI=1S/C25H54N.2CH4O4S.H3N/c1-5-6-7-8-9-10-11-12-13-14-15-16-17-18-19-20-21-22-23-24-25-26(2,3)4;2*1-5-6(2,3)4;/h5-25H2,1-4H3;2*1H3,(H,2,3,4);1H3/q+1;;;/p-1. The molecule has 0 radical (unpaired) electrons. The first kappa shape index (κ1) is 45.6. The van der Waals surface area contributed by atoms with Crippen LogP contribution in [0.25, 0.3) is 0 Å². The Labute approximate surface area is 242 Å². The topological polar surface area (TPSA) is 165 Å². The normalized spacial score (nSPS) is 11.6. The smallest absolute Gasteiger partial charge is 0.397 e. The Kier molecular flexibility index (Phi) is 35.8. The lowest BCUT2D eigenvalue weighted by atomic mass is 10.0. The summed E-state index contributed by atoms with van der Waals surface area (Å²) in [7, 11) is 0.00775. The molecule has 0 bridgehead atoms. The molecule has 0 fully saturated rings. The second-order valence-corrected chi connectivity index (χ2v) is 13.2. The van der Waals surface area contributed by atoms with Crippen LogP contribution in [-0.4, -0.2) is 72.3 Å². The van der Waals surface area contributed by atoms with Crippen LogP contribution in [-0.2, 0) is 29.2 Å². The summed E-state index contributed by atoms with van der Waals surface area (Å²) in [5.41, 5.74) is 0. The first-order valence-electron chi connectivity index (χ1n) is 14.5. The molecule has 0 aliphatic heterocycles. The van der Waals surface area contributed by atoms with E-state index in [2.05, 4.69) is 36.4 Å². The van der Waals surface area contributed by atoms with E-state index in [4.69, 9.17) is 4.55 Å². The minimum atomic E-state index is -4.41. The van der Waals surface area contributed by atoms with E-state index >= 15 is 0 Å². The maximum Gasteiger partial charge on any atom is 0.397 e. The van der Waals surface area contributed by atoms with Crippen molar-refractivity contribution in [2.24, 2.45) is 0 Å². The Morgan fingerprint density at radius 2 is 0.769 bits per heavy atom. The van der Waals surface area contributed by atoms with Gasteiger partial charge < -0.3 is 15.2 Å². The average Bonchev–Trinajstić information content (AvgIpc) is 2.82. The number of hydrogen-bond donors (Lipinski definition) is 2. The van der Waals surface area contributed by atoms with E-state index in [1.54, 1.807) is 0 Å². The number of nitrogens with zero attached hydrogens (tertiary/aromatic N) is 1. The van der Waals surface area contributed by atoms with Crippen LogP contribution >= 0.6 is 0 Å². The molecule has 0 aromatic rings. The predicted molar refractivity (Wildman–Crippen MR) is 161 cm³/mol. The molecular formula is C27H64N2O8S2. The molecule has 0 unspecified atom stereocenters. The molecule has 0 aromatic carbocycles. The van der Waals surface area contributed by atoms with Crippen LogP contribution in [0.4, 0.5) is 0 Å². The van der Waals surface area contributed by atoms with Crippen LogP contribution in [0, 0.1) is 0 Å². The first-order chi connectivity index (χ1) is 17.7. The van der Waals surface area contributed by atoms with Crippen LogP contribution < -0.4 is 6.15 Å². The van der Waals surface area contributed by atoms with E-state index in [1.807, 2.05) is 0 Å². The van der Waals surface area contributed by atoms with Gasteiger partial charge in [-0.3, -0.25) is 12.9 Å². The number of hydrogen-bond acceptors (Lipinski definition) is 8. The van der Waals surface area contributed by atoms with Crippen molar-refractivity contribution in [2.75, 3.05) is 41.9 Å². The molecule has 242 valence electrons. The highest BCUT2D eigenvalue weighted by molar-refractivity contribution is 7.81.